The number of anilines is 1. The van der Waals surface area contributed by atoms with Crippen LogP contribution in [0.2, 0.25) is 0 Å². The summed E-state index contributed by atoms with van der Waals surface area (Å²) >= 11 is 0. The summed E-state index contributed by atoms with van der Waals surface area (Å²) in [5.41, 5.74) is 4.97. The monoisotopic (exact) mass is 419 g/mol. The first-order valence-corrected chi connectivity index (χ1v) is 11.4. The van der Waals surface area contributed by atoms with Crippen LogP contribution in [0.5, 0.6) is 0 Å². The van der Waals surface area contributed by atoms with Crippen molar-refractivity contribution in [1.82, 2.24) is 19.4 Å². The summed E-state index contributed by atoms with van der Waals surface area (Å²) in [6, 6.07) is 23.2. The first kappa shape index (κ1) is 19.0. The zero-order chi connectivity index (χ0) is 21.3. The number of para-hydroxylation sites is 1. The third-order valence-electron chi connectivity index (χ3n) is 6.39. The number of hydrogen-bond donors (Lipinski definition) is 1. The quantitative estimate of drug-likeness (QED) is 0.368. The minimum Gasteiger partial charge on any atom is -0.367 e. The van der Waals surface area contributed by atoms with Crippen molar-refractivity contribution in [3.8, 4) is 22.6 Å². The van der Waals surface area contributed by atoms with Gasteiger partial charge in [-0.3, -0.25) is 9.38 Å². The minimum atomic E-state index is 0.444. The van der Waals surface area contributed by atoms with E-state index in [1.807, 2.05) is 36.7 Å². The Morgan fingerprint density at radius 2 is 1.50 bits per heavy atom. The molecule has 0 radical (unpaired) electrons. The van der Waals surface area contributed by atoms with Crippen molar-refractivity contribution < 1.29 is 0 Å². The normalized spacial score (nSPS) is 14.8. The van der Waals surface area contributed by atoms with Gasteiger partial charge in [0.25, 0.3) is 0 Å². The summed E-state index contributed by atoms with van der Waals surface area (Å²) < 4.78 is 2.22. The highest BCUT2D eigenvalue weighted by Crippen LogP contribution is 2.36. The Balaban J connectivity index is 1.68. The molecule has 0 unspecified atom stereocenters. The molecule has 0 spiro atoms. The van der Waals surface area contributed by atoms with Crippen molar-refractivity contribution >= 4 is 22.4 Å². The maximum Gasteiger partial charge on any atom is 0.150 e. The molecule has 158 valence electrons. The van der Waals surface area contributed by atoms with Crippen LogP contribution in [0.25, 0.3) is 39.2 Å². The number of benzene rings is 2. The SMILES string of the molecule is c1ccc(-c2nc3ccccc3c3nc(-c4ccncc4)c(NC4CCCCC4)n23)cc1. The van der Waals surface area contributed by atoms with Crippen LogP contribution >= 0.6 is 0 Å². The van der Waals surface area contributed by atoms with E-state index in [2.05, 4.69) is 57.2 Å². The second-order valence-corrected chi connectivity index (χ2v) is 8.50. The van der Waals surface area contributed by atoms with E-state index in [-0.39, 0.29) is 0 Å². The standard InChI is InChI=1S/C27H25N5/c1-3-9-20(10-4-1)25-30-23-14-8-7-13-22(23)26-31-24(19-15-17-28-18-16-19)27(32(25)26)29-21-11-5-2-6-12-21/h1,3-4,7-10,13-18,21,29H,2,5-6,11-12H2. The van der Waals surface area contributed by atoms with E-state index in [4.69, 9.17) is 9.97 Å². The van der Waals surface area contributed by atoms with Crippen LogP contribution in [0.1, 0.15) is 32.1 Å². The number of imidazole rings is 1. The molecule has 0 aliphatic heterocycles. The first-order chi connectivity index (χ1) is 15.9. The number of hydrogen-bond acceptors (Lipinski definition) is 4. The lowest BCUT2D eigenvalue weighted by Gasteiger charge is -2.24. The molecule has 1 aliphatic rings. The molecule has 0 atom stereocenters. The van der Waals surface area contributed by atoms with Gasteiger partial charge in [-0.05, 0) is 37.1 Å². The molecular weight excluding hydrogens is 394 g/mol. The Morgan fingerprint density at radius 3 is 2.31 bits per heavy atom. The van der Waals surface area contributed by atoms with E-state index in [1.54, 1.807) is 0 Å². The fraction of sp³-hybridized carbons (Fsp3) is 0.222. The Labute approximate surface area is 187 Å². The third kappa shape index (κ3) is 3.30. The van der Waals surface area contributed by atoms with Crippen LogP contribution in [-0.2, 0) is 0 Å². The number of fused-ring (bicyclic) bond motifs is 3. The lowest BCUT2D eigenvalue weighted by molar-refractivity contribution is 0.462. The van der Waals surface area contributed by atoms with Gasteiger partial charge in [0.15, 0.2) is 0 Å². The fourth-order valence-corrected chi connectivity index (χ4v) is 4.80. The smallest absolute Gasteiger partial charge is 0.150 e. The van der Waals surface area contributed by atoms with E-state index in [0.717, 1.165) is 45.0 Å². The van der Waals surface area contributed by atoms with E-state index < -0.39 is 0 Å². The number of nitrogens with one attached hydrogen (secondary N) is 1. The van der Waals surface area contributed by atoms with E-state index in [9.17, 15) is 0 Å². The number of rotatable bonds is 4. The van der Waals surface area contributed by atoms with E-state index >= 15 is 0 Å². The maximum atomic E-state index is 5.20. The fourth-order valence-electron chi connectivity index (χ4n) is 4.80. The molecule has 0 saturated heterocycles. The second-order valence-electron chi connectivity index (χ2n) is 8.50. The van der Waals surface area contributed by atoms with Crippen LogP contribution in [0.3, 0.4) is 0 Å². The van der Waals surface area contributed by atoms with Gasteiger partial charge in [0.2, 0.25) is 0 Å². The predicted molar refractivity (Wildman–Crippen MR) is 130 cm³/mol. The minimum absolute atomic E-state index is 0.444. The molecule has 5 heteroatoms. The van der Waals surface area contributed by atoms with Gasteiger partial charge in [-0.1, -0.05) is 61.7 Å². The molecule has 5 nitrogen and oxygen atoms in total. The van der Waals surface area contributed by atoms with Crippen LogP contribution in [0.4, 0.5) is 5.82 Å². The van der Waals surface area contributed by atoms with Gasteiger partial charge in [-0.25, -0.2) is 9.97 Å². The van der Waals surface area contributed by atoms with Gasteiger partial charge in [-0.15, -0.1) is 0 Å². The number of nitrogens with zero attached hydrogens (tertiary/aromatic N) is 4. The average Bonchev–Trinajstić information content (AvgIpc) is 3.25. The molecule has 1 saturated carbocycles. The highest BCUT2D eigenvalue weighted by molar-refractivity contribution is 5.96. The Morgan fingerprint density at radius 1 is 0.750 bits per heavy atom. The van der Waals surface area contributed by atoms with Crippen LogP contribution in [0, 0.1) is 0 Å². The summed E-state index contributed by atoms with van der Waals surface area (Å²) in [6.07, 6.45) is 9.90. The Hall–Kier alpha value is -3.73. The Kier molecular flexibility index (Phi) is 4.79. The van der Waals surface area contributed by atoms with Crippen molar-refractivity contribution in [1.29, 1.82) is 0 Å². The molecule has 3 aromatic heterocycles. The lowest BCUT2D eigenvalue weighted by atomic mass is 9.95. The summed E-state index contributed by atoms with van der Waals surface area (Å²) in [5.74, 6) is 1.93. The summed E-state index contributed by atoms with van der Waals surface area (Å²) in [7, 11) is 0. The first-order valence-electron chi connectivity index (χ1n) is 11.4. The molecule has 6 rings (SSSR count). The molecule has 5 aromatic rings. The van der Waals surface area contributed by atoms with Gasteiger partial charge >= 0.3 is 0 Å². The van der Waals surface area contributed by atoms with Gasteiger partial charge in [0, 0.05) is 34.9 Å². The third-order valence-corrected chi connectivity index (χ3v) is 6.39. The van der Waals surface area contributed by atoms with Crippen LogP contribution < -0.4 is 5.32 Å². The van der Waals surface area contributed by atoms with Crippen LogP contribution in [0.15, 0.2) is 79.1 Å². The van der Waals surface area contributed by atoms with E-state index in [1.165, 1.54) is 32.1 Å². The lowest BCUT2D eigenvalue weighted by Crippen LogP contribution is -2.23. The molecule has 2 aromatic carbocycles. The highest BCUT2D eigenvalue weighted by Gasteiger charge is 2.23. The van der Waals surface area contributed by atoms with Crippen molar-refractivity contribution in [3.63, 3.8) is 0 Å². The predicted octanol–water partition coefficient (Wildman–Crippen LogP) is 6.36. The summed E-state index contributed by atoms with van der Waals surface area (Å²) in [4.78, 5) is 14.5. The largest absolute Gasteiger partial charge is 0.367 e. The van der Waals surface area contributed by atoms with Gasteiger partial charge in [0.05, 0.1) is 5.52 Å². The van der Waals surface area contributed by atoms with Crippen molar-refractivity contribution in [2.75, 3.05) is 5.32 Å². The van der Waals surface area contributed by atoms with Crippen molar-refractivity contribution in [2.24, 2.45) is 0 Å². The maximum absolute atomic E-state index is 5.20. The molecule has 3 heterocycles. The number of aromatic nitrogens is 4. The molecule has 0 bridgehead atoms. The van der Waals surface area contributed by atoms with Gasteiger partial charge in [-0.2, -0.15) is 0 Å². The zero-order valence-corrected chi connectivity index (χ0v) is 17.9. The average molecular weight is 420 g/mol. The summed E-state index contributed by atoms with van der Waals surface area (Å²) in [5, 5.41) is 4.94. The zero-order valence-electron chi connectivity index (χ0n) is 17.9. The molecular formula is C27H25N5. The van der Waals surface area contributed by atoms with Crippen molar-refractivity contribution in [3.05, 3.63) is 79.1 Å². The highest BCUT2D eigenvalue weighted by atomic mass is 15.2. The van der Waals surface area contributed by atoms with E-state index in [0.29, 0.717) is 6.04 Å². The topological polar surface area (TPSA) is 55.1 Å². The molecule has 1 N–H and O–H groups in total. The summed E-state index contributed by atoms with van der Waals surface area (Å²) in [6.45, 7) is 0. The van der Waals surface area contributed by atoms with Gasteiger partial charge < -0.3 is 5.32 Å². The molecule has 0 amide bonds. The van der Waals surface area contributed by atoms with Crippen LogP contribution in [-0.4, -0.2) is 25.4 Å². The molecule has 1 aliphatic carbocycles. The molecule has 32 heavy (non-hydrogen) atoms. The Bertz CT molecular complexity index is 1370. The molecule has 1 fully saturated rings. The second kappa shape index (κ2) is 8.08. The van der Waals surface area contributed by atoms with Gasteiger partial charge in [0.1, 0.15) is 23.0 Å². The number of pyridine rings is 1. The van der Waals surface area contributed by atoms with Crippen molar-refractivity contribution in [2.45, 2.75) is 38.1 Å².